The maximum atomic E-state index is 15.1. The van der Waals surface area contributed by atoms with E-state index < -0.39 is 46.5 Å². The minimum atomic E-state index is -4.63. The molecule has 1 amide bonds. The summed E-state index contributed by atoms with van der Waals surface area (Å²) in [5, 5.41) is 13.1. The zero-order valence-corrected chi connectivity index (χ0v) is 20.5. The van der Waals surface area contributed by atoms with E-state index in [4.69, 9.17) is 4.74 Å². The molecular formula is C26H21F5N4O3. The van der Waals surface area contributed by atoms with Gasteiger partial charge in [-0.15, -0.1) is 0 Å². The van der Waals surface area contributed by atoms with Gasteiger partial charge < -0.3 is 15.3 Å². The number of hydrogen-bond donors (Lipinski definition) is 2. The van der Waals surface area contributed by atoms with Gasteiger partial charge in [0.25, 0.3) is 5.91 Å². The highest BCUT2D eigenvalue weighted by Gasteiger charge is 2.31. The molecule has 0 spiro atoms. The third-order valence-electron chi connectivity index (χ3n) is 5.80. The van der Waals surface area contributed by atoms with Crippen molar-refractivity contribution in [2.24, 2.45) is 0 Å². The Balaban J connectivity index is 1.79. The van der Waals surface area contributed by atoms with Gasteiger partial charge in [-0.3, -0.25) is 4.79 Å². The van der Waals surface area contributed by atoms with Gasteiger partial charge in [-0.25, -0.2) is 18.7 Å². The zero-order valence-electron chi connectivity index (χ0n) is 20.5. The monoisotopic (exact) mass is 532 g/mol. The van der Waals surface area contributed by atoms with E-state index in [9.17, 15) is 27.6 Å². The largest absolute Gasteiger partial charge is 0.494 e. The molecule has 0 saturated carbocycles. The Bertz CT molecular complexity index is 1540. The predicted octanol–water partition coefficient (Wildman–Crippen LogP) is 6.33. The molecule has 12 heteroatoms. The minimum absolute atomic E-state index is 0.0411. The molecule has 0 aliphatic rings. The number of nitrogens with one attached hydrogen (secondary N) is 1. The number of benzene rings is 2. The van der Waals surface area contributed by atoms with Crippen LogP contribution in [0.25, 0.3) is 22.8 Å². The lowest BCUT2D eigenvalue weighted by molar-refractivity contribution is -0.137. The van der Waals surface area contributed by atoms with Crippen LogP contribution in [0.5, 0.6) is 5.75 Å². The highest BCUT2D eigenvalue weighted by molar-refractivity contribution is 6.04. The summed E-state index contributed by atoms with van der Waals surface area (Å²) in [4.78, 5) is 21.3. The van der Waals surface area contributed by atoms with Gasteiger partial charge in [-0.05, 0) is 62.2 Å². The number of amides is 1. The smallest absolute Gasteiger partial charge is 0.416 e. The van der Waals surface area contributed by atoms with Crippen molar-refractivity contribution in [2.45, 2.75) is 26.9 Å². The summed E-state index contributed by atoms with van der Waals surface area (Å²) >= 11 is 0. The first-order valence-electron chi connectivity index (χ1n) is 11.1. The van der Waals surface area contributed by atoms with Crippen LogP contribution in [0.3, 0.4) is 0 Å². The SMILES string of the molecule is COc1cc(F)c(-c2nc(C)c(C(=O)Nc3cccc(C(F)(F)F)c3)n2O)nc1-c1c(C)cc(F)cc1C. The molecule has 4 rings (SSSR count). The molecule has 0 aliphatic carbocycles. The van der Waals surface area contributed by atoms with Crippen molar-refractivity contribution < 1.29 is 36.7 Å². The third kappa shape index (κ3) is 4.89. The predicted molar refractivity (Wildman–Crippen MR) is 128 cm³/mol. The standard InChI is InChI=1S/C26H21F5N4O3/c1-12-8-16(27)9-13(2)20(12)22-19(38-4)11-18(28)21(34-22)24-32-14(3)23(35(24)37)25(36)33-17-7-5-6-15(10-17)26(29,30)31/h5-11,37H,1-4H3,(H,33,36). The summed E-state index contributed by atoms with van der Waals surface area (Å²) in [5.41, 5.74) is -0.461. The number of rotatable bonds is 5. The van der Waals surface area contributed by atoms with E-state index in [0.29, 0.717) is 21.4 Å². The number of imidazole rings is 1. The van der Waals surface area contributed by atoms with E-state index in [2.05, 4.69) is 15.3 Å². The Morgan fingerprint density at radius 3 is 2.26 bits per heavy atom. The van der Waals surface area contributed by atoms with Crippen molar-refractivity contribution in [1.82, 2.24) is 14.7 Å². The van der Waals surface area contributed by atoms with Crippen molar-refractivity contribution in [1.29, 1.82) is 0 Å². The number of carbonyl (C=O) groups excluding carboxylic acids is 1. The van der Waals surface area contributed by atoms with Gasteiger partial charge in [0.2, 0.25) is 0 Å². The second kappa shape index (κ2) is 9.77. The average Bonchev–Trinajstić information content (AvgIpc) is 3.12. The lowest BCUT2D eigenvalue weighted by Crippen LogP contribution is -2.18. The van der Waals surface area contributed by atoms with Crippen LogP contribution in [-0.2, 0) is 6.18 Å². The van der Waals surface area contributed by atoms with Gasteiger partial charge >= 0.3 is 6.18 Å². The highest BCUT2D eigenvalue weighted by Crippen LogP contribution is 2.37. The number of ether oxygens (including phenoxy) is 1. The molecular weight excluding hydrogens is 511 g/mol. The van der Waals surface area contributed by atoms with E-state index >= 15 is 4.39 Å². The topological polar surface area (TPSA) is 89.3 Å². The van der Waals surface area contributed by atoms with Gasteiger partial charge in [0.1, 0.15) is 23.0 Å². The molecule has 0 atom stereocenters. The van der Waals surface area contributed by atoms with Crippen LogP contribution < -0.4 is 10.1 Å². The number of aromatic nitrogens is 3. The Kier molecular flexibility index (Phi) is 6.83. The van der Waals surface area contributed by atoms with Crippen molar-refractivity contribution in [3.63, 3.8) is 0 Å². The van der Waals surface area contributed by atoms with Gasteiger partial charge in [-0.1, -0.05) is 6.07 Å². The molecule has 7 nitrogen and oxygen atoms in total. The maximum Gasteiger partial charge on any atom is 0.416 e. The second-order valence-electron chi connectivity index (χ2n) is 8.50. The fourth-order valence-corrected chi connectivity index (χ4v) is 4.14. The lowest BCUT2D eigenvalue weighted by Gasteiger charge is -2.15. The number of nitrogens with zero attached hydrogens (tertiary/aromatic N) is 3. The number of anilines is 1. The first-order valence-corrected chi connectivity index (χ1v) is 11.1. The molecule has 198 valence electrons. The van der Waals surface area contributed by atoms with Crippen LogP contribution in [0.1, 0.15) is 32.9 Å². The zero-order chi connectivity index (χ0) is 27.9. The van der Waals surface area contributed by atoms with Crippen LogP contribution in [0.15, 0.2) is 42.5 Å². The first-order chi connectivity index (χ1) is 17.8. The quantitative estimate of drug-likeness (QED) is 0.232. The second-order valence-corrected chi connectivity index (χ2v) is 8.50. The van der Waals surface area contributed by atoms with Crippen LogP contribution >= 0.6 is 0 Å². The van der Waals surface area contributed by atoms with Crippen LogP contribution in [-0.4, -0.2) is 32.9 Å². The summed E-state index contributed by atoms with van der Waals surface area (Å²) in [6.07, 6.45) is -4.63. The molecule has 2 aromatic carbocycles. The number of pyridine rings is 1. The summed E-state index contributed by atoms with van der Waals surface area (Å²) in [7, 11) is 1.31. The number of alkyl halides is 3. The lowest BCUT2D eigenvalue weighted by atomic mass is 9.98. The van der Waals surface area contributed by atoms with Gasteiger partial charge in [0.05, 0.1) is 18.4 Å². The van der Waals surface area contributed by atoms with Crippen LogP contribution in [0.2, 0.25) is 0 Å². The minimum Gasteiger partial charge on any atom is -0.494 e. The molecule has 4 aromatic rings. The molecule has 0 bridgehead atoms. The van der Waals surface area contributed by atoms with Crippen molar-refractivity contribution in [3.8, 4) is 28.5 Å². The number of hydrogen-bond acceptors (Lipinski definition) is 5. The summed E-state index contributed by atoms with van der Waals surface area (Å²) in [5.74, 6) is -2.78. The maximum absolute atomic E-state index is 15.1. The Morgan fingerprint density at radius 2 is 1.66 bits per heavy atom. The molecule has 0 radical (unpaired) electrons. The van der Waals surface area contributed by atoms with Crippen molar-refractivity contribution in [2.75, 3.05) is 12.4 Å². The molecule has 38 heavy (non-hydrogen) atoms. The highest BCUT2D eigenvalue weighted by atomic mass is 19.4. The van der Waals surface area contributed by atoms with E-state index in [1.807, 2.05) is 0 Å². The van der Waals surface area contributed by atoms with E-state index in [1.165, 1.54) is 32.2 Å². The number of carbonyl (C=O) groups is 1. The average molecular weight is 532 g/mol. The Hall–Kier alpha value is -4.48. The molecule has 2 heterocycles. The molecule has 0 aliphatic heterocycles. The molecule has 2 N–H and O–H groups in total. The normalized spacial score (nSPS) is 11.5. The van der Waals surface area contributed by atoms with E-state index in [1.54, 1.807) is 13.8 Å². The van der Waals surface area contributed by atoms with Gasteiger partial charge in [0.15, 0.2) is 17.3 Å². The number of aryl methyl sites for hydroxylation is 3. The third-order valence-corrected chi connectivity index (χ3v) is 5.80. The van der Waals surface area contributed by atoms with Gasteiger partial charge in [-0.2, -0.15) is 17.9 Å². The summed E-state index contributed by atoms with van der Waals surface area (Å²) < 4.78 is 73.7. The molecule has 2 aromatic heterocycles. The van der Waals surface area contributed by atoms with Crippen molar-refractivity contribution >= 4 is 11.6 Å². The first kappa shape index (κ1) is 26.6. The number of methoxy groups -OCH3 is 1. The van der Waals surface area contributed by atoms with Crippen LogP contribution in [0.4, 0.5) is 27.6 Å². The fraction of sp³-hybridized carbons (Fsp3) is 0.192. The van der Waals surface area contributed by atoms with Crippen LogP contribution in [0, 0.1) is 32.4 Å². The van der Waals surface area contributed by atoms with E-state index in [0.717, 1.165) is 24.3 Å². The Labute approximate surface area is 213 Å². The number of halogens is 5. The summed E-state index contributed by atoms with van der Waals surface area (Å²) in [6, 6.07) is 7.51. The van der Waals surface area contributed by atoms with Gasteiger partial charge in [0, 0.05) is 17.3 Å². The summed E-state index contributed by atoms with van der Waals surface area (Å²) in [6.45, 7) is 4.64. The molecule has 0 saturated heterocycles. The Morgan fingerprint density at radius 1 is 1.00 bits per heavy atom. The molecule has 0 unspecified atom stereocenters. The molecule has 0 fully saturated rings. The fourth-order valence-electron chi connectivity index (χ4n) is 4.14. The van der Waals surface area contributed by atoms with Crippen molar-refractivity contribution in [3.05, 3.63) is 82.2 Å². The van der Waals surface area contributed by atoms with E-state index in [-0.39, 0.29) is 22.8 Å².